The van der Waals surface area contributed by atoms with Crippen molar-refractivity contribution < 1.29 is 5.11 Å². The van der Waals surface area contributed by atoms with Gasteiger partial charge in [-0.25, -0.2) is 9.97 Å². The molecule has 0 amide bonds. The topological polar surface area (TPSA) is 61.3 Å². The van der Waals surface area contributed by atoms with Crippen molar-refractivity contribution in [2.24, 2.45) is 0 Å². The van der Waals surface area contributed by atoms with E-state index in [0.29, 0.717) is 0 Å². The van der Waals surface area contributed by atoms with Crippen molar-refractivity contribution in [2.45, 2.75) is 45.7 Å². The van der Waals surface area contributed by atoms with Crippen molar-refractivity contribution >= 4 is 5.82 Å². The molecule has 5 heteroatoms. The van der Waals surface area contributed by atoms with E-state index in [1.165, 1.54) is 12.8 Å². The first kappa shape index (κ1) is 14.2. The second kappa shape index (κ2) is 6.82. The van der Waals surface area contributed by atoms with Gasteiger partial charge in [0.05, 0.1) is 13.2 Å². The van der Waals surface area contributed by atoms with Gasteiger partial charge in [-0.15, -0.1) is 0 Å². The highest BCUT2D eigenvalue weighted by molar-refractivity contribution is 5.35. The first-order valence-corrected chi connectivity index (χ1v) is 7.16. The molecule has 2 rings (SSSR count). The minimum atomic E-state index is 0.228. The number of rotatable bonds is 5. The van der Waals surface area contributed by atoms with Crippen molar-refractivity contribution in [3.05, 3.63) is 17.6 Å². The molecule has 1 fully saturated rings. The van der Waals surface area contributed by atoms with E-state index in [9.17, 15) is 5.11 Å². The minimum Gasteiger partial charge on any atom is -0.395 e. The molecule has 19 heavy (non-hydrogen) atoms. The highest BCUT2D eigenvalue weighted by Gasteiger charge is 2.22. The third kappa shape index (κ3) is 3.88. The van der Waals surface area contributed by atoms with E-state index in [4.69, 9.17) is 0 Å². The SMILES string of the molecule is CCNc1cc(C)nc(CN2CCCCC2CO)n1. The normalized spacial score (nSPS) is 20.5. The molecule has 1 aromatic heterocycles. The standard InChI is InChI=1S/C14H24N4O/c1-3-15-13-8-11(2)16-14(17-13)9-18-7-5-4-6-12(18)10-19/h8,12,19H,3-7,9-10H2,1-2H3,(H,15,16,17). The molecule has 1 unspecified atom stereocenters. The van der Waals surface area contributed by atoms with Crippen LogP contribution in [0.3, 0.4) is 0 Å². The fourth-order valence-corrected chi connectivity index (χ4v) is 2.63. The molecule has 2 N–H and O–H groups in total. The van der Waals surface area contributed by atoms with Crippen molar-refractivity contribution in [1.82, 2.24) is 14.9 Å². The number of aliphatic hydroxyl groups excluding tert-OH is 1. The first-order valence-electron chi connectivity index (χ1n) is 7.16. The smallest absolute Gasteiger partial charge is 0.144 e. The number of anilines is 1. The second-order valence-electron chi connectivity index (χ2n) is 5.14. The lowest BCUT2D eigenvalue weighted by Gasteiger charge is -2.33. The maximum absolute atomic E-state index is 9.44. The number of nitrogens with zero attached hydrogens (tertiary/aromatic N) is 3. The summed E-state index contributed by atoms with van der Waals surface area (Å²) in [6.07, 6.45) is 3.48. The third-order valence-corrected chi connectivity index (χ3v) is 3.56. The van der Waals surface area contributed by atoms with Gasteiger partial charge in [0.25, 0.3) is 0 Å². The Morgan fingerprint density at radius 3 is 3.00 bits per heavy atom. The summed E-state index contributed by atoms with van der Waals surface area (Å²) in [5.41, 5.74) is 0.985. The van der Waals surface area contributed by atoms with Crippen molar-refractivity contribution in [2.75, 3.05) is 25.0 Å². The summed E-state index contributed by atoms with van der Waals surface area (Å²) < 4.78 is 0. The number of likely N-dealkylation sites (tertiary alicyclic amines) is 1. The molecule has 0 aromatic carbocycles. The Balaban J connectivity index is 2.08. The molecular formula is C14H24N4O. The van der Waals surface area contributed by atoms with Gasteiger partial charge >= 0.3 is 0 Å². The van der Waals surface area contributed by atoms with Gasteiger partial charge in [0.2, 0.25) is 0 Å². The van der Waals surface area contributed by atoms with Crippen LogP contribution >= 0.6 is 0 Å². The molecule has 0 aliphatic carbocycles. The number of piperidine rings is 1. The fourth-order valence-electron chi connectivity index (χ4n) is 2.63. The molecule has 1 atom stereocenters. The van der Waals surface area contributed by atoms with Gasteiger partial charge in [0, 0.05) is 24.3 Å². The van der Waals surface area contributed by atoms with Crippen LogP contribution in [0.4, 0.5) is 5.82 Å². The van der Waals surface area contributed by atoms with Gasteiger partial charge < -0.3 is 10.4 Å². The second-order valence-corrected chi connectivity index (χ2v) is 5.14. The molecule has 1 aliphatic rings. The van der Waals surface area contributed by atoms with Gasteiger partial charge in [-0.1, -0.05) is 6.42 Å². The quantitative estimate of drug-likeness (QED) is 0.845. The highest BCUT2D eigenvalue weighted by Crippen LogP contribution is 2.18. The van der Waals surface area contributed by atoms with E-state index in [0.717, 1.165) is 43.4 Å². The summed E-state index contributed by atoms with van der Waals surface area (Å²) in [5.74, 6) is 1.74. The first-order chi connectivity index (χ1) is 9.22. The largest absolute Gasteiger partial charge is 0.395 e. The van der Waals surface area contributed by atoms with Crippen LogP contribution in [0.1, 0.15) is 37.7 Å². The van der Waals surface area contributed by atoms with E-state index in [1.807, 2.05) is 13.0 Å². The fraction of sp³-hybridized carbons (Fsp3) is 0.714. The molecule has 2 heterocycles. The van der Waals surface area contributed by atoms with Gasteiger partial charge in [-0.3, -0.25) is 4.90 Å². The summed E-state index contributed by atoms with van der Waals surface area (Å²) in [7, 11) is 0. The molecule has 0 bridgehead atoms. The van der Waals surface area contributed by atoms with Crippen LogP contribution in [0.2, 0.25) is 0 Å². The Bertz CT molecular complexity index is 410. The molecule has 5 nitrogen and oxygen atoms in total. The average molecular weight is 264 g/mol. The van der Waals surface area contributed by atoms with Crippen LogP contribution in [0.15, 0.2) is 6.07 Å². The summed E-state index contributed by atoms with van der Waals surface area (Å²) in [6.45, 7) is 6.89. The van der Waals surface area contributed by atoms with Gasteiger partial charge in [0.1, 0.15) is 11.6 Å². The van der Waals surface area contributed by atoms with Crippen LogP contribution in [0, 0.1) is 6.92 Å². The van der Waals surface area contributed by atoms with Crippen LogP contribution in [-0.4, -0.2) is 45.7 Å². The van der Waals surface area contributed by atoms with Crippen LogP contribution in [0.25, 0.3) is 0 Å². The Hall–Kier alpha value is -1.20. The number of hydrogen-bond donors (Lipinski definition) is 2. The van der Waals surface area contributed by atoms with Crippen molar-refractivity contribution in [3.8, 4) is 0 Å². The van der Waals surface area contributed by atoms with Gasteiger partial charge in [-0.05, 0) is 33.2 Å². The van der Waals surface area contributed by atoms with Crippen LogP contribution in [-0.2, 0) is 6.54 Å². The number of nitrogens with one attached hydrogen (secondary N) is 1. The number of aryl methyl sites for hydroxylation is 1. The number of hydrogen-bond acceptors (Lipinski definition) is 5. The Morgan fingerprint density at radius 2 is 2.26 bits per heavy atom. The molecule has 1 saturated heterocycles. The Kier molecular flexibility index (Phi) is 5.10. The zero-order chi connectivity index (χ0) is 13.7. The summed E-state index contributed by atoms with van der Waals surface area (Å²) in [4.78, 5) is 11.3. The van der Waals surface area contributed by atoms with Crippen molar-refractivity contribution in [1.29, 1.82) is 0 Å². The monoisotopic (exact) mass is 264 g/mol. The highest BCUT2D eigenvalue weighted by atomic mass is 16.3. The predicted octanol–water partition coefficient (Wildman–Crippen LogP) is 1.56. The third-order valence-electron chi connectivity index (χ3n) is 3.56. The molecule has 106 valence electrons. The molecule has 0 radical (unpaired) electrons. The average Bonchev–Trinajstić information content (AvgIpc) is 2.39. The molecule has 0 spiro atoms. The molecule has 1 aromatic rings. The molecule has 1 aliphatic heterocycles. The zero-order valence-corrected chi connectivity index (χ0v) is 11.9. The zero-order valence-electron chi connectivity index (χ0n) is 11.9. The minimum absolute atomic E-state index is 0.228. The van der Waals surface area contributed by atoms with E-state index in [-0.39, 0.29) is 12.6 Å². The lowest BCUT2D eigenvalue weighted by molar-refractivity contribution is 0.0819. The summed E-state index contributed by atoms with van der Waals surface area (Å²) >= 11 is 0. The lowest BCUT2D eigenvalue weighted by Crippen LogP contribution is -2.41. The maximum atomic E-state index is 9.44. The van der Waals surface area contributed by atoms with Crippen LogP contribution in [0.5, 0.6) is 0 Å². The summed E-state index contributed by atoms with van der Waals surface area (Å²) in [5, 5.41) is 12.7. The Morgan fingerprint density at radius 1 is 1.42 bits per heavy atom. The molecular weight excluding hydrogens is 240 g/mol. The molecule has 0 saturated carbocycles. The lowest BCUT2D eigenvalue weighted by atomic mass is 10.0. The Labute approximate surface area is 115 Å². The van der Waals surface area contributed by atoms with E-state index < -0.39 is 0 Å². The van der Waals surface area contributed by atoms with Crippen molar-refractivity contribution in [3.63, 3.8) is 0 Å². The van der Waals surface area contributed by atoms with E-state index in [2.05, 4.69) is 27.1 Å². The van der Waals surface area contributed by atoms with Crippen LogP contribution < -0.4 is 5.32 Å². The number of aliphatic hydroxyl groups is 1. The maximum Gasteiger partial charge on any atom is 0.144 e. The van der Waals surface area contributed by atoms with E-state index >= 15 is 0 Å². The predicted molar refractivity (Wildman–Crippen MR) is 76.1 cm³/mol. The summed E-state index contributed by atoms with van der Waals surface area (Å²) in [6, 6.07) is 2.23. The number of aromatic nitrogens is 2. The van der Waals surface area contributed by atoms with Gasteiger partial charge in [0.15, 0.2) is 0 Å². The van der Waals surface area contributed by atoms with Gasteiger partial charge in [-0.2, -0.15) is 0 Å². The van der Waals surface area contributed by atoms with E-state index in [1.54, 1.807) is 0 Å².